The number of carbonyl (C=O) groups excluding carboxylic acids is 1. The maximum absolute atomic E-state index is 12.2. The fraction of sp³-hybridized carbons (Fsp3) is 0.111. The van der Waals surface area contributed by atoms with Gasteiger partial charge in [-0.1, -0.05) is 23.2 Å². The summed E-state index contributed by atoms with van der Waals surface area (Å²) in [5.74, 6) is 0.616. The minimum atomic E-state index is -0.176. The van der Waals surface area contributed by atoms with Gasteiger partial charge in [0.25, 0.3) is 0 Å². The van der Waals surface area contributed by atoms with Crippen LogP contribution in [0.2, 0.25) is 10.0 Å². The molecule has 1 amide bonds. The van der Waals surface area contributed by atoms with Gasteiger partial charge in [0.2, 0.25) is 5.91 Å². The molecule has 0 spiro atoms. The summed E-state index contributed by atoms with van der Waals surface area (Å²) in [6, 6.07) is 12.5. The zero-order chi connectivity index (χ0) is 17.8. The third kappa shape index (κ3) is 4.72. The van der Waals surface area contributed by atoms with Crippen LogP contribution in [0.3, 0.4) is 0 Å². The van der Waals surface area contributed by atoms with E-state index in [0.717, 1.165) is 16.3 Å². The Morgan fingerprint density at radius 2 is 1.84 bits per heavy atom. The molecule has 1 heterocycles. The van der Waals surface area contributed by atoms with Crippen LogP contribution in [0.25, 0.3) is 10.6 Å². The number of amides is 1. The van der Waals surface area contributed by atoms with Gasteiger partial charge in [-0.15, -0.1) is 11.3 Å². The van der Waals surface area contributed by atoms with Crippen molar-refractivity contribution in [2.75, 3.05) is 12.4 Å². The summed E-state index contributed by atoms with van der Waals surface area (Å²) >= 11 is 13.4. The van der Waals surface area contributed by atoms with Crippen molar-refractivity contribution in [1.82, 2.24) is 4.98 Å². The molecular formula is C18H14Cl2N2O2S. The lowest BCUT2D eigenvalue weighted by Crippen LogP contribution is -2.14. The molecule has 128 valence electrons. The van der Waals surface area contributed by atoms with Gasteiger partial charge in [0.05, 0.1) is 19.2 Å². The van der Waals surface area contributed by atoms with Crippen molar-refractivity contribution in [3.8, 4) is 16.3 Å². The van der Waals surface area contributed by atoms with Crippen LogP contribution in [0.5, 0.6) is 5.75 Å². The van der Waals surface area contributed by atoms with Crippen molar-refractivity contribution >= 4 is 46.1 Å². The third-order valence-electron chi connectivity index (χ3n) is 3.38. The second-order valence-electron chi connectivity index (χ2n) is 5.26. The Balaban J connectivity index is 1.66. The lowest BCUT2D eigenvalue weighted by molar-refractivity contribution is -0.115. The van der Waals surface area contributed by atoms with Crippen molar-refractivity contribution in [2.45, 2.75) is 6.42 Å². The molecule has 7 heteroatoms. The standard InChI is InChI=1S/C18H14Cl2N2O2S/c1-24-16-4-2-11(3-5-16)18-22-15(10-25-18)9-17(23)21-14-7-12(19)6-13(20)8-14/h2-8,10H,9H2,1H3,(H,21,23). The summed E-state index contributed by atoms with van der Waals surface area (Å²) in [6.45, 7) is 0. The van der Waals surface area contributed by atoms with E-state index in [2.05, 4.69) is 10.3 Å². The summed E-state index contributed by atoms with van der Waals surface area (Å²) in [4.78, 5) is 16.7. The van der Waals surface area contributed by atoms with E-state index in [-0.39, 0.29) is 12.3 Å². The van der Waals surface area contributed by atoms with Gasteiger partial charge in [-0.05, 0) is 42.5 Å². The van der Waals surface area contributed by atoms with Crippen LogP contribution in [0.15, 0.2) is 47.8 Å². The third-order valence-corrected chi connectivity index (χ3v) is 4.75. The lowest BCUT2D eigenvalue weighted by Gasteiger charge is -2.05. The summed E-state index contributed by atoms with van der Waals surface area (Å²) in [7, 11) is 1.63. The number of thiazole rings is 1. The summed E-state index contributed by atoms with van der Waals surface area (Å²) in [5, 5.41) is 6.45. The molecule has 0 saturated heterocycles. The molecule has 3 aromatic rings. The number of nitrogens with one attached hydrogen (secondary N) is 1. The number of hydrogen-bond donors (Lipinski definition) is 1. The van der Waals surface area contributed by atoms with E-state index in [9.17, 15) is 4.79 Å². The lowest BCUT2D eigenvalue weighted by atomic mass is 10.2. The summed E-state index contributed by atoms with van der Waals surface area (Å²) < 4.78 is 5.15. The number of carbonyl (C=O) groups is 1. The quantitative estimate of drug-likeness (QED) is 0.640. The molecule has 0 radical (unpaired) electrons. The minimum Gasteiger partial charge on any atom is -0.497 e. The van der Waals surface area contributed by atoms with Crippen LogP contribution in [0, 0.1) is 0 Å². The first kappa shape index (κ1) is 17.7. The van der Waals surface area contributed by atoms with E-state index in [1.165, 1.54) is 11.3 Å². The fourth-order valence-corrected chi connectivity index (χ4v) is 3.60. The van der Waals surface area contributed by atoms with Gasteiger partial charge in [-0.3, -0.25) is 4.79 Å². The fourth-order valence-electron chi connectivity index (χ4n) is 2.25. The van der Waals surface area contributed by atoms with E-state index >= 15 is 0 Å². The molecule has 1 aromatic heterocycles. The number of anilines is 1. The molecular weight excluding hydrogens is 379 g/mol. The highest BCUT2D eigenvalue weighted by molar-refractivity contribution is 7.13. The molecule has 0 aliphatic heterocycles. The second kappa shape index (κ2) is 7.87. The second-order valence-corrected chi connectivity index (χ2v) is 6.99. The zero-order valence-electron chi connectivity index (χ0n) is 13.3. The Kier molecular flexibility index (Phi) is 5.58. The molecule has 4 nitrogen and oxygen atoms in total. The zero-order valence-corrected chi connectivity index (χ0v) is 15.6. The van der Waals surface area contributed by atoms with E-state index in [4.69, 9.17) is 27.9 Å². The largest absolute Gasteiger partial charge is 0.497 e. The Bertz CT molecular complexity index is 874. The number of benzene rings is 2. The minimum absolute atomic E-state index is 0.176. The normalized spacial score (nSPS) is 10.5. The van der Waals surface area contributed by atoms with E-state index in [0.29, 0.717) is 21.4 Å². The smallest absolute Gasteiger partial charge is 0.230 e. The molecule has 3 rings (SSSR count). The van der Waals surface area contributed by atoms with Crippen LogP contribution in [-0.4, -0.2) is 18.0 Å². The number of hydrogen-bond acceptors (Lipinski definition) is 4. The number of rotatable bonds is 5. The van der Waals surface area contributed by atoms with Crippen molar-refractivity contribution in [3.05, 3.63) is 63.6 Å². The molecule has 0 aliphatic carbocycles. The first-order valence-electron chi connectivity index (χ1n) is 7.38. The number of aromatic nitrogens is 1. The van der Waals surface area contributed by atoms with E-state index in [1.54, 1.807) is 25.3 Å². The van der Waals surface area contributed by atoms with Gasteiger partial charge < -0.3 is 10.1 Å². The van der Waals surface area contributed by atoms with Gasteiger partial charge in [0.1, 0.15) is 10.8 Å². The van der Waals surface area contributed by atoms with Gasteiger partial charge in [-0.2, -0.15) is 0 Å². The van der Waals surface area contributed by atoms with Gasteiger partial charge in [0.15, 0.2) is 0 Å². The van der Waals surface area contributed by atoms with Crippen LogP contribution >= 0.6 is 34.5 Å². The number of methoxy groups -OCH3 is 1. The highest BCUT2D eigenvalue weighted by atomic mass is 35.5. The molecule has 0 saturated carbocycles. The highest BCUT2D eigenvalue weighted by Gasteiger charge is 2.10. The van der Waals surface area contributed by atoms with Gasteiger partial charge >= 0.3 is 0 Å². The van der Waals surface area contributed by atoms with Gasteiger partial charge in [0, 0.05) is 26.7 Å². The van der Waals surface area contributed by atoms with Crippen LogP contribution < -0.4 is 10.1 Å². The molecule has 0 unspecified atom stereocenters. The highest BCUT2D eigenvalue weighted by Crippen LogP contribution is 2.26. The molecule has 1 N–H and O–H groups in total. The molecule has 25 heavy (non-hydrogen) atoms. The average molecular weight is 393 g/mol. The predicted molar refractivity (Wildman–Crippen MR) is 103 cm³/mol. The van der Waals surface area contributed by atoms with Crippen LogP contribution in [-0.2, 0) is 11.2 Å². The SMILES string of the molecule is COc1ccc(-c2nc(CC(=O)Nc3cc(Cl)cc(Cl)c3)cs2)cc1. The Labute approximate surface area is 159 Å². The first-order valence-corrected chi connectivity index (χ1v) is 9.02. The maximum atomic E-state index is 12.2. The predicted octanol–water partition coefficient (Wildman–Crippen LogP) is 5.31. The number of halogens is 2. The molecule has 2 aromatic carbocycles. The molecule has 0 aliphatic rings. The van der Waals surface area contributed by atoms with Crippen molar-refractivity contribution in [3.63, 3.8) is 0 Å². The Morgan fingerprint density at radius 1 is 1.16 bits per heavy atom. The Hall–Kier alpha value is -2.08. The maximum Gasteiger partial charge on any atom is 0.230 e. The molecule has 0 fully saturated rings. The van der Waals surface area contributed by atoms with E-state index < -0.39 is 0 Å². The van der Waals surface area contributed by atoms with Crippen molar-refractivity contribution in [2.24, 2.45) is 0 Å². The molecule has 0 bridgehead atoms. The molecule has 0 atom stereocenters. The number of nitrogens with zero attached hydrogens (tertiary/aromatic N) is 1. The summed E-state index contributed by atoms with van der Waals surface area (Å²) in [5.41, 5.74) is 2.26. The number of ether oxygens (including phenoxy) is 1. The van der Waals surface area contributed by atoms with Crippen LogP contribution in [0.4, 0.5) is 5.69 Å². The van der Waals surface area contributed by atoms with E-state index in [1.807, 2.05) is 29.6 Å². The summed E-state index contributed by atoms with van der Waals surface area (Å²) in [6.07, 6.45) is 0.177. The Morgan fingerprint density at radius 3 is 2.48 bits per heavy atom. The average Bonchev–Trinajstić information content (AvgIpc) is 3.02. The van der Waals surface area contributed by atoms with Crippen LogP contribution in [0.1, 0.15) is 5.69 Å². The topological polar surface area (TPSA) is 51.2 Å². The van der Waals surface area contributed by atoms with Gasteiger partial charge in [-0.25, -0.2) is 4.98 Å². The monoisotopic (exact) mass is 392 g/mol. The van der Waals surface area contributed by atoms with Crippen molar-refractivity contribution < 1.29 is 9.53 Å². The van der Waals surface area contributed by atoms with Crippen molar-refractivity contribution in [1.29, 1.82) is 0 Å². The first-order chi connectivity index (χ1) is 12.0.